The van der Waals surface area contributed by atoms with E-state index >= 15 is 0 Å². The number of thiophene rings is 1. The fourth-order valence-corrected chi connectivity index (χ4v) is 4.60. The molecule has 4 N–H and O–H groups in total. The maximum atomic E-state index is 12.2. The SMILES string of the molecule is CS(=O)(=O)c1c(NCC2CC2)sc(C(=O)NC2CC2)c1N. The molecule has 6 nitrogen and oxygen atoms in total. The van der Waals surface area contributed by atoms with Gasteiger partial charge in [-0.1, -0.05) is 0 Å². The molecule has 21 heavy (non-hydrogen) atoms. The average molecular weight is 329 g/mol. The highest BCUT2D eigenvalue weighted by atomic mass is 32.2. The summed E-state index contributed by atoms with van der Waals surface area (Å²) >= 11 is 1.13. The Labute approximate surface area is 128 Å². The Morgan fingerprint density at radius 3 is 2.52 bits per heavy atom. The lowest BCUT2D eigenvalue weighted by Crippen LogP contribution is -2.25. The topological polar surface area (TPSA) is 101 Å². The van der Waals surface area contributed by atoms with Crippen LogP contribution in [0.15, 0.2) is 4.90 Å². The number of nitrogen functional groups attached to an aromatic ring is 1. The van der Waals surface area contributed by atoms with Crippen molar-refractivity contribution in [3.63, 3.8) is 0 Å². The number of carbonyl (C=O) groups excluding carboxylic acids is 1. The minimum Gasteiger partial charge on any atom is -0.396 e. The minimum atomic E-state index is -3.47. The smallest absolute Gasteiger partial charge is 0.263 e. The summed E-state index contributed by atoms with van der Waals surface area (Å²) in [5, 5.41) is 6.48. The van der Waals surface area contributed by atoms with Crippen LogP contribution in [0.4, 0.5) is 10.7 Å². The van der Waals surface area contributed by atoms with Crippen molar-refractivity contribution in [1.29, 1.82) is 0 Å². The van der Waals surface area contributed by atoms with Crippen molar-refractivity contribution < 1.29 is 13.2 Å². The average Bonchev–Trinajstić information content (AvgIpc) is 3.26. The zero-order valence-corrected chi connectivity index (χ0v) is 13.4. The third-order valence-electron chi connectivity index (χ3n) is 3.64. The second kappa shape index (κ2) is 5.17. The molecule has 1 amide bonds. The molecule has 8 heteroatoms. The Hall–Kier alpha value is -1.28. The predicted octanol–water partition coefficient (Wildman–Crippen LogP) is 1.45. The summed E-state index contributed by atoms with van der Waals surface area (Å²) in [6, 6.07) is 0.212. The summed E-state index contributed by atoms with van der Waals surface area (Å²) < 4.78 is 23.9. The van der Waals surface area contributed by atoms with Crippen LogP contribution >= 0.6 is 11.3 Å². The van der Waals surface area contributed by atoms with Crippen LogP contribution in [0.2, 0.25) is 0 Å². The van der Waals surface area contributed by atoms with Gasteiger partial charge in [-0.15, -0.1) is 11.3 Å². The van der Waals surface area contributed by atoms with Gasteiger partial charge >= 0.3 is 0 Å². The Bertz CT molecular complexity index is 673. The minimum absolute atomic E-state index is 0.0640. The molecule has 0 bridgehead atoms. The Morgan fingerprint density at radius 1 is 1.33 bits per heavy atom. The van der Waals surface area contributed by atoms with Gasteiger partial charge in [0.05, 0.1) is 5.69 Å². The second-order valence-electron chi connectivity index (χ2n) is 5.85. The normalized spacial score (nSPS) is 18.5. The first kappa shape index (κ1) is 14.6. The molecule has 0 spiro atoms. The number of nitrogens with two attached hydrogens (primary N) is 1. The van der Waals surface area contributed by atoms with Crippen molar-refractivity contribution in [2.45, 2.75) is 36.6 Å². The lowest BCUT2D eigenvalue weighted by molar-refractivity contribution is 0.0956. The van der Waals surface area contributed by atoms with Crippen LogP contribution in [-0.4, -0.2) is 33.2 Å². The summed E-state index contributed by atoms with van der Waals surface area (Å²) in [5.74, 6) is 0.328. The van der Waals surface area contributed by atoms with Crippen molar-refractivity contribution in [2.24, 2.45) is 5.92 Å². The van der Waals surface area contributed by atoms with Crippen LogP contribution < -0.4 is 16.4 Å². The maximum Gasteiger partial charge on any atom is 0.263 e. The Kier molecular flexibility index (Phi) is 3.61. The van der Waals surface area contributed by atoms with Crippen molar-refractivity contribution in [2.75, 3.05) is 23.9 Å². The molecule has 0 aliphatic heterocycles. The fourth-order valence-electron chi connectivity index (χ4n) is 2.12. The molecule has 2 fully saturated rings. The molecule has 0 atom stereocenters. The van der Waals surface area contributed by atoms with Gasteiger partial charge in [-0.3, -0.25) is 4.79 Å². The van der Waals surface area contributed by atoms with E-state index in [4.69, 9.17) is 5.73 Å². The standard InChI is InChI=1S/C13H19N3O3S2/c1-21(18,19)11-9(14)10(12(17)16-8-4-5-8)20-13(11)15-6-7-2-3-7/h7-8,15H,2-6,14H2,1H3,(H,16,17). The molecule has 0 radical (unpaired) electrons. The third kappa shape index (κ3) is 3.32. The van der Waals surface area contributed by atoms with Gasteiger partial charge < -0.3 is 16.4 Å². The molecule has 1 aromatic rings. The monoisotopic (exact) mass is 329 g/mol. The fraction of sp³-hybridized carbons (Fsp3) is 0.615. The van der Waals surface area contributed by atoms with E-state index < -0.39 is 9.84 Å². The Balaban J connectivity index is 1.90. The van der Waals surface area contributed by atoms with Gasteiger partial charge in [0, 0.05) is 18.8 Å². The van der Waals surface area contributed by atoms with Crippen molar-refractivity contribution in [3.8, 4) is 0 Å². The van der Waals surface area contributed by atoms with Gasteiger partial charge in [-0.25, -0.2) is 8.42 Å². The molecule has 2 aliphatic carbocycles. The molecule has 1 aromatic heterocycles. The summed E-state index contributed by atoms with van der Waals surface area (Å²) in [7, 11) is -3.47. The highest BCUT2D eigenvalue weighted by molar-refractivity contribution is 7.91. The number of amides is 1. The number of rotatable bonds is 6. The zero-order valence-electron chi connectivity index (χ0n) is 11.8. The molecule has 0 unspecified atom stereocenters. The molecule has 1 heterocycles. The largest absolute Gasteiger partial charge is 0.396 e. The number of sulfone groups is 1. The number of nitrogens with one attached hydrogen (secondary N) is 2. The highest BCUT2D eigenvalue weighted by Crippen LogP contribution is 2.40. The van der Waals surface area contributed by atoms with Crippen molar-refractivity contribution in [3.05, 3.63) is 4.88 Å². The third-order valence-corrected chi connectivity index (χ3v) is 6.09. The lowest BCUT2D eigenvalue weighted by atomic mass is 10.3. The van der Waals surface area contributed by atoms with Crippen LogP contribution in [0.5, 0.6) is 0 Å². The van der Waals surface area contributed by atoms with E-state index in [1.807, 2.05) is 0 Å². The second-order valence-corrected chi connectivity index (χ2v) is 8.82. The van der Waals surface area contributed by atoms with Gasteiger partial charge in [0.15, 0.2) is 9.84 Å². The summed E-state index contributed by atoms with van der Waals surface area (Å²) in [4.78, 5) is 12.5. The van der Waals surface area contributed by atoms with Gasteiger partial charge in [-0.2, -0.15) is 0 Å². The van der Waals surface area contributed by atoms with Gasteiger partial charge in [0.2, 0.25) is 0 Å². The first-order valence-electron chi connectivity index (χ1n) is 7.03. The molecule has 0 saturated heterocycles. The number of carbonyl (C=O) groups is 1. The molecule has 0 aromatic carbocycles. The highest BCUT2D eigenvalue weighted by Gasteiger charge is 2.31. The van der Waals surface area contributed by atoms with Crippen LogP contribution in [0.3, 0.4) is 0 Å². The molecule has 2 aliphatic rings. The summed E-state index contributed by atoms with van der Waals surface area (Å²) in [6.45, 7) is 0.728. The van der Waals surface area contributed by atoms with E-state index in [1.54, 1.807) is 0 Å². The van der Waals surface area contributed by atoms with Crippen LogP contribution in [0.25, 0.3) is 0 Å². The maximum absolute atomic E-state index is 12.2. The number of anilines is 2. The Morgan fingerprint density at radius 2 is 2.00 bits per heavy atom. The summed E-state index contributed by atoms with van der Waals surface area (Å²) in [5.41, 5.74) is 6.01. The van der Waals surface area contributed by atoms with Gasteiger partial charge in [0.1, 0.15) is 14.8 Å². The van der Waals surface area contributed by atoms with E-state index in [-0.39, 0.29) is 22.5 Å². The molecule has 2 saturated carbocycles. The van der Waals surface area contributed by atoms with Crippen LogP contribution in [0.1, 0.15) is 35.4 Å². The molecule has 3 rings (SSSR count). The first-order chi connectivity index (χ1) is 9.86. The van der Waals surface area contributed by atoms with Crippen molar-refractivity contribution in [1.82, 2.24) is 5.32 Å². The zero-order chi connectivity index (χ0) is 15.2. The van der Waals surface area contributed by atoms with Gasteiger partial charge in [-0.05, 0) is 31.6 Å². The number of hydrogen-bond acceptors (Lipinski definition) is 6. The first-order valence-corrected chi connectivity index (χ1v) is 9.74. The van der Waals surface area contributed by atoms with E-state index in [0.717, 1.165) is 49.8 Å². The molecular formula is C13H19N3O3S2. The van der Waals surface area contributed by atoms with Crippen molar-refractivity contribution >= 4 is 37.8 Å². The predicted molar refractivity (Wildman–Crippen MR) is 83.5 cm³/mol. The molecule has 116 valence electrons. The van der Waals surface area contributed by atoms with E-state index in [0.29, 0.717) is 15.8 Å². The van der Waals surface area contributed by atoms with Gasteiger partial charge in [0.25, 0.3) is 5.91 Å². The molecular weight excluding hydrogens is 310 g/mol. The van der Waals surface area contributed by atoms with Crippen LogP contribution in [-0.2, 0) is 9.84 Å². The summed E-state index contributed by atoms with van der Waals surface area (Å²) in [6.07, 6.45) is 5.40. The van der Waals surface area contributed by atoms with Crippen LogP contribution in [0, 0.1) is 5.92 Å². The lowest BCUT2D eigenvalue weighted by Gasteiger charge is -2.05. The van der Waals surface area contributed by atoms with E-state index in [9.17, 15) is 13.2 Å². The van der Waals surface area contributed by atoms with E-state index in [1.165, 1.54) is 0 Å². The van der Waals surface area contributed by atoms with E-state index in [2.05, 4.69) is 10.6 Å². The number of hydrogen-bond donors (Lipinski definition) is 3. The quantitative estimate of drug-likeness (QED) is 0.733.